The monoisotopic (exact) mass is 338 g/mol. The SMILES string of the molecule is COc1cc(OC)nc(NC(=O)c2ccc(Br)cn2)n1. The van der Waals surface area contributed by atoms with E-state index in [4.69, 9.17) is 9.47 Å². The fourth-order valence-corrected chi connectivity index (χ4v) is 1.58. The number of rotatable bonds is 4. The lowest BCUT2D eigenvalue weighted by Crippen LogP contribution is -2.16. The molecule has 7 nitrogen and oxygen atoms in total. The second-order valence-corrected chi connectivity index (χ2v) is 4.51. The summed E-state index contributed by atoms with van der Waals surface area (Å²) in [5.41, 5.74) is 0.249. The molecule has 2 rings (SSSR count). The molecule has 0 saturated heterocycles. The number of ether oxygens (including phenoxy) is 2. The zero-order valence-corrected chi connectivity index (χ0v) is 12.3. The summed E-state index contributed by atoms with van der Waals surface area (Å²) < 4.78 is 10.8. The van der Waals surface area contributed by atoms with Crippen LogP contribution in [-0.4, -0.2) is 35.1 Å². The summed E-state index contributed by atoms with van der Waals surface area (Å²) in [6.07, 6.45) is 1.53. The van der Waals surface area contributed by atoms with Gasteiger partial charge < -0.3 is 9.47 Å². The quantitative estimate of drug-likeness (QED) is 0.916. The second-order valence-electron chi connectivity index (χ2n) is 3.59. The maximum Gasteiger partial charge on any atom is 0.276 e. The molecule has 0 aromatic carbocycles. The van der Waals surface area contributed by atoms with Crippen LogP contribution in [0.25, 0.3) is 0 Å². The minimum atomic E-state index is -0.423. The van der Waals surface area contributed by atoms with Gasteiger partial charge in [0.15, 0.2) is 0 Å². The molecule has 2 heterocycles. The third-order valence-electron chi connectivity index (χ3n) is 2.28. The molecule has 0 aliphatic carbocycles. The van der Waals surface area contributed by atoms with Crippen LogP contribution in [0.3, 0.4) is 0 Å². The first-order chi connectivity index (χ1) is 9.62. The van der Waals surface area contributed by atoms with Crippen LogP contribution in [0.1, 0.15) is 10.5 Å². The van der Waals surface area contributed by atoms with Crippen LogP contribution in [0, 0.1) is 0 Å². The number of aromatic nitrogens is 3. The van der Waals surface area contributed by atoms with Crippen LogP contribution in [0.4, 0.5) is 5.95 Å². The van der Waals surface area contributed by atoms with Gasteiger partial charge in [-0.05, 0) is 28.1 Å². The van der Waals surface area contributed by atoms with Gasteiger partial charge in [0.2, 0.25) is 17.7 Å². The third kappa shape index (κ3) is 3.41. The van der Waals surface area contributed by atoms with Crippen LogP contribution in [0.15, 0.2) is 28.9 Å². The minimum absolute atomic E-state index is 0.0796. The Morgan fingerprint density at radius 2 is 1.85 bits per heavy atom. The molecule has 0 radical (unpaired) electrons. The number of methoxy groups -OCH3 is 2. The molecule has 2 aromatic heterocycles. The number of amides is 1. The number of carbonyl (C=O) groups is 1. The molecular weight excluding hydrogens is 328 g/mol. The largest absolute Gasteiger partial charge is 0.481 e. The summed E-state index contributed by atoms with van der Waals surface area (Å²) in [5.74, 6) is 0.232. The van der Waals surface area contributed by atoms with Gasteiger partial charge in [0.25, 0.3) is 5.91 Å². The molecule has 0 saturated carbocycles. The van der Waals surface area contributed by atoms with E-state index < -0.39 is 5.91 Å². The van der Waals surface area contributed by atoms with Crippen molar-refractivity contribution in [1.82, 2.24) is 15.0 Å². The lowest BCUT2D eigenvalue weighted by atomic mass is 10.3. The maximum absolute atomic E-state index is 12.0. The molecule has 0 spiro atoms. The molecule has 0 aliphatic rings. The van der Waals surface area contributed by atoms with Gasteiger partial charge >= 0.3 is 0 Å². The van der Waals surface area contributed by atoms with E-state index in [1.165, 1.54) is 26.5 Å². The smallest absolute Gasteiger partial charge is 0.276 e. The number of carbonyl (C=O) groups excluding carboxylic acids is 1. The van der Waals surface area contributed by atoms with Gasteiger partial charge in [-0.2, -0.15) is 9.97 Å². The number of hydrogen-bond acceptors (Lipinski definition) is 6. The molecule has 20 heavy (non-hydrogen) atoms. The van der Waals surface area contributed by atoms with E-state index >= 15 is 0 Å². The number of pyridine rings is 1. The Labute approximate surface area is 123 Å². The highest BCUT2D eigenvalue weighted by Crippen LogP contribution is 2.17. The number of anilines is 1. The maximum atomic E-state index is 12.0. The molecule has 0 unspecified atom stereocenters. The molecule has 0 fully saturated rings. The van der Waals surface area contributed by atoms with Crippen LogP contribution in [-0.2, 0) is 0 Å². The normalized spacial score (nSPS) is 9.95. The van der Waals surface area contributed by atoms with Crippen LogP contribution < -0.4 is 14.8 Å². The minimum Gasteiger partial charge on any atom is -0.481 e. The summed E-state index contributed by atoms with van der Waals surface area (Å²) in [6.45, 7) is 0. The average Bonchev–Trinajstić information content (AvgIpc) is 2.47. The van der Waals surface area contributed by atoms with Crippen molar-refractivity contribution in [2.75, 3.05) is 19.5 Å². The third-order valence-corrected chi connectivity index (χ3v) is 2.75. The zero-order chi connectivity index (χ0) is 14.5. The van der Waals surface area contributed by atoms with Crippen LogP contribution in [0.2, 0.25) is 0 Å². The van der Waals surface area contributed by atoms with Gasteiger partial charge in [-0.1, -0.05) is 0 Å². The number of nitrogens with one attached hydrogen (secondary N) is 1. The molecule has 0 bridgehead atoms. The van der Waals surface area contributed by atoms with Crippen molar-refractivity contribution in [3.63, 3.8) is 0 Å². The molecule has 2 aromatic rings. The van der Waals surface area contributed by atoms with Gasteiger partial charge in [-0.25, -0.2) is 4.98 Å². The number of nitrogens with zero attached hydrogens (tertiary/aromatic N) is 3. The zero-order valence-electron chi connectivity index (χ0n) is 10.8. The molecule has 1 N–H and O–H groups in total. The summed E-state index contributed by atoms with van der Waals surface area (Å²) in [7, 11) is 2.92. The van der Waals surface area contributed by atoms with Crippen molar-refractivity contribution in [3.8, 4) is 11.8 Å². The van der Waals surface area contributed by atoms with E-state index in [2.05, 4.69) is 36.2 Å². The lowest BCUT2D eigenvalue weighted by Gasteiger charge is -2.07. The average molecular weight is 339 g/mol. The molecule has 1 amide bonds. The molecule has 8 heteroatoms. The summed E-state index contributed by atoms with van der Waals surface area (Å²) in [6, 6.07) is 4.80. The Hall–Kier alpha value is -2.22. The molecule has 104 valence electrons. The lowest BCUT2D eigenvalue weighted by molar-refractivity contribution is 0.102. The standard InChI is InChI=1S/C12H11BrN4O3/c1-19-9-5-10(20-2)16-12(15-9)17-11(18)8-4-3-7(13)6-14-8/h3-6H,1-2H3,(H,15,16,17,18). The van der Waals surface area contributed by atoms with Crippen molar-refractivity contribution < 1.29 is 14.3 Å². The fourth-order valence-electron chi connectivity index (χ4n) is 1.34. The first-order valence-electron chi connectivity index (χ1n) is 5.52. The van der Waals surface area contributed by atoms with E-state index in [9.17, 15) is 4.79 Å². The van der Waals surface area contributed by atoms with Gasteiger partial charge in [-0.3, -0.25) is 10.1 Å². The van der Waals surface area contributed by atoms with E-state index in [-0.39, 0.29) is 23.4 Å². The van der Waals surface area contributed by atoms with E-state index in [0.717, 1.165) is 4.47 Å². The van der Waals surface area contributed by atoms with Crippen molar-refractivity contribution in [3.05, 3.63) is 34.6 Å². The first kappa shape index (κ1) is 14.2. The summed E-state index contributed by atoms with van der Waals surface area (Å²) >= 11 is 3.25. The van der Waals surface area contributed by atoms with E-state index in [1.54, 1.807) is 12.1 Å². The van der Waals surface area contributed by atoms with Gasteiger partial charge in [0.1, 0.15) is 5.69 Å². The Balaban J connectivity index is 2.20. The Bertz CT molecular complexity index is 596. The Morgan fingerprint density at radius 3 is 2.35 bits per heavy atom. The van der Waals surface area contributed by atoms with Gasteiger partial charge in [0.05, 0.1) is 20.3 Å². The molecule has 0 aliphatic heterocycles. The van der Waals surface area contributed by atoms with E-state index in [0.29, 0.717) is 0 Å². The summed E-state index contributed by atoms with van der Waals surface area (Å²) in [5, 5.41) is 2.53. The van der Waals surface area contributed by atoms with Crippen molar-refractivity contribution in [1.29, 1.82) is 0 Å². The fraction of sp³-hybridized carbons (Fsp3) is 0.167. The topological polar surface area (TPSA) is 86.2 Å². The second kappa shape index (κ2) is 6.29. The highest BCUT2D eigenvalue weighted by Gasteiger charge is 2.11. The van der Waals surface area contributed by atoms with Gasteiger partial charge in [-0.15, -0.1) is 0 Å². The highest BCUT2D eigenvalue weighted by atomic mass is 79.9. The van der Waals surface area contributed by atoms with Crippen molar-refractivity contribution in [2.45, 2.75) is 0 Å². The van der Waals surface area contributed by atoms with Crippen molar-refractivity contribution in [2.24, 2.45) is 0 Å². The Kier molecular flexibility index (Phi) is 4.46. The number of halogens is 1. The summed E-state index contributed by atoms with van der Waals surface area (Å²) in [4.78, 5) is 24.0. The predicted molar refractivity (Wildman–Crippen MR) is 75.0 cm³/mol. The highest BCUT2D eigenvalue weighted by molar-refractivity contribution is 9.10. The number of hydrogen-bond donors (Lipinski definition) is 1. The first-order valence-corrected chi connectivity index (χ1v) is 6.31. The van der Waals surface area contributed by atoms with Crippen LogP contribution in [0.5, 0.6) is 11.8 Å². The molecular formula is C12H11BrN4O3. The van der Waals surface area contributed by atoms with Gasteiger partial charge in [0, 0.05) is 10.7 Å². The Morgan fingerprint density at radius 1 is 1.20 bits per heavy atom. The van der Waals surface area contributed by atoms with Crippen LogP contribution >= 0.6 is 15.9 Å². The van der Waals surface area contributed by atoms with E-state index in [1.807, 2.05) is 0 Å². The predicted octanol–water partition coefficient (Wildman–Crippen LogP) is 1.90. The molecule has 0 atom stereocenters. The van der Waals surface area contributed by atoms with Crippen molar-refractivity contribution >= 4 is 27.8 Å².